The second-order valence-electron chi connectivity index (χ2n) is 9.85. The van der Waals surface area contributed by atoms with Gasteiger partial charge < -0.3 is 10.4 Å². The Morgan fingerprint density at radius 1 is 0.861 bits per heavy atom. The molecule has 0 saturated carbocycles. The normalized spacial score (nSPS) is 11.9. The van der Waals surface area contributed by atoms with Crippen LogP contribution in [-0.4, -0.2) is 26.8 Å². The number of aromatic nitrogens is 2. The SMILES string of the molecule is CCCCCCCCCCCCCCCCC(CC(=O)Nc1cc(=O)n(-c2ccccc2)[nH]1)C(=O)O. The van der Waals surface area contributed by atoms with Crippen molar-refractivity contribution < 1.29 is 14.7 Å². The first-order chi connectivity index (χ1) is 17.5. The lowest BCUT2D eigenvalue weighted by Gasteiger charge is -2.12. The van der Waals surface area contributed by atoms with Gasteiger partial charge >= 0.3 is 5.97 Å². The van der Waals surface area contributed by atoms with Crippen molar-refractivity contribution in [2.75, 3.05) is 5.32 Å². The van der Waals surface area contributed by atoms with E-state index in [1.54, 1.807) is 12.1 Å². The van der Waals surface area contributed by atoms with Gasteiger partial charge in [-0.3, -0.25) is 19.5 Å². The lowest BCUT2D eigenvalue weighted by Crippen LogP contribution is -2.22. The molecule has 0 aliphatic rings. The second-order valence-corrected chi connectivity index (χ2v) is 9.85. The van der Waals surface area contributed by atoms with Gasteiger partial charge in [-0.15, -0.1) is 0 Å². The molecule has 1 atom stereocenters. The van der Waals surface area contributed by atoms with Crippen molar-refractivity contribution in [2.45, 2.75) is 110 Å². The largest absolute Gasteiger partial charge is 0.481 e. The summed E-state index contributed by atoms with van der Waals surface area (Å²) in [5.41, 5.74) is 0.359. The van der Waals surface area contributed by atoms with Gasteiger partial charge in [0.2, 0.25) is 5.91 Å². The van der Waals surface area contributed by atoms with Gasteiger partial charge in [-0.25, -0.2) is 4.68 Å². The molecule has 1 unspecified atom stereocenters. The molecule has 0 saturated heterocycles. The molecule has 0 fully saturated rings. The highest BCUT2D eigenvalue weighted by atomic mass is 16.4. The highest BCUT2D eigenvalue weighted by Gasteiger charge is 2.21. The number of carbonyl (C=O) groups excluding carboxylic acids is 1. The predicted octanol–water partition coefficient (Wildman–Crippen LogP) is 7.07. The van der Waals surface area contributed by atoms with Crippen LogP contribution >= 0.6 is 0 Å². The highest BCUT2D eigenvalue weighted by Crippen LogP contribution is 2.18. The fourth-order valence-electron chi connectivity index (χ4n) is 4.55. The fraction of sp³-hybridized carbons (Fsp3) is 0.621. The number of nitrogens with one attached hydrogen (secondary N) is 2. The maximum absolute atomic E-state index is 12.4. The van der Waals surface area contributed by atoms with Crippen LogP contribution in [0.5, 0.6) is 0 Å². The molecular formula is C29H45N3O4. The molecule has 7 nitrogen and oxygen atoms in total. The van der Waals surface area contributed by atoms with Gasteiger partial charge in [0.05, 0.1) is 11.6 Å². The Labute approximate surface area is 215 Å². The van der Waals surface area contributed by atoms with Crippen LogP contribution in [0.15, 0.2) is 41.2 Å². The summed E-state index contributed by atoms with van der Waals surface area (Å²) in [4.78, 5) is 36.3. The topological polar surface area (TPSA) is 104 Å². The Morgan fingerprint density at radius 2 is 1.39 bits per heavy atom. The first kappa shape index (κ1) is 29.4. The third-order valence-corrected chi connectivity index (χ3v) is 6.70. The Morgan fingerprint density at radius 3 is 1.92 bits per heavy atom. The van der Waals surface area contributed by atoms with Crippen LogP contribution in [0, 0.1) is 5.92 Å². The maximum atomic E-state index is 12.4. The Hall–Kier alpha value is -2.83. The summed E-state index contributed by atoms with van der Waals surface area (Å²) in [5.74, 6) is -1.82. The molecule has 2 rings (SSSR count). The average molecular weight is 500 g/mol. The Kier molecular flexibility index (Phi) is 14.4. The first-order valence-corrected chi connectivity index (χ1v) is 13.9. The van der Waals surface area contributed by atoms with Gasteiger partial charge in [-0.1, -0.05) is 115 Å². The van der Waals surface area contributed by atoms with E-state index in [4.69, 9.17) is 0 Å². The second kappa shape index (κ2) is 17.6. The number of carbonyl (C=O) groups is 2. The molecule has 200 valence electrons. The van der Waals surface area contributed by atoms with Gasteiger partial charge in [0.25, 0.3) is 5.56 Å². The van der Waals surface area contributed by atoms with Crippen LogP contribution in [-0.2, 0) is 9.59 Å². The number of unbranched alkanes of at least 4 members (excludes halogenated alkanes) is 13. The van der Waals surface area contributed by atoms with Gasteiger partial charge in [0.15, 0.2) is 0 Å². The number of nitrogens with zero attached hydrogens (tertiary/aromatic N) is 1. The number of hydrogen-bond acceptors (Lipinski definition) is 3. The van der Waals surface area contributed by atoms with Crippen LogP contribution < -0.4 is 10.9 Å². The van der Waals surface area contributed by atoms with Crippen LogP contribution in [0.2, 0.25) is 0 Å². The molecule has 1 aromatic heterocycles. The standard InChI is InChI=1S/C29H45N3O4/c1-2-3-4-5-6-7-8-9-10-11-12-13-14-16-19-24(29(35)36)22-27(33)30-26-23-28(34)32(31-26)25-20-17-15-18-21-25/h15,17-18,20-21,23-24,31H,2-14,16,19,22H2,1H3,(H,30,33)(H,35,36). The number of H-pyrrole nitrogens is 1. The predicted molar refractivity (Wildman–Crippen MR) is 146 cm³/mol. The maximum Gasteiger partial charge on any atom is 0.307 e. The first-order valence-electron chi connectivity index (χ1n) is 13.9. The number of carboxylic acid groups (broad SMARTS) is 1. The Bertz CT molecular complexity index is 935. The van der Waals surface area contributed by atoms with E-state index in [0.29, 0.717) is 12.1 Å². The summed E-state index contributed by atoms with van der Waals surface area (Å²) in [5, 5.41) is 15.0. The van der Waals surface area contributed by atoms with E-state index in [9.17, 15) is 19.5 Å². The van der Waals surface area contributed by atoms with Crippen molar-refractivity contribution in [3.63, 3.8) is 0 Å². The molecule has 1 heterocycles. The molecular weight excluding hydrogens is 454 g/mol. The van der Waals surface area contributed by atoms with E-state index in [2.05, 4.69) is 17.3 Å². The quantitative estimate of drug-likeness (QED) is 0.170. The molecule has 3 N–H and O–H groups in total. The van der Waals surface area contributed by atoms with Crippen molar-refractivity contribution in [3.05, 3.63) is 46.8 Å². The zero-order valence-corrected chi connectivity index (χ0v) is 22.0. The molecule has 0 radical (unpaired) electrons. The number of benzene rings is 1. The van der Waals surface area contributed by atoms with Gasteiger partial charge in [0, 0.05) is 12.5 Å². The molecule has 36 heavy (non-hydrogen) atoms. The number of aliphatic carboxylic acids is 1. The molecule has 2 aromatic rings. The van der Waals surface area contributed by atoms with Crippen molar-refractivity contribution in [1.29, 1.82) is 0 Å². The van der Waals surface area contributed by atoms with Crippen molar-refractivity contribution in [3.8, 4) is 5.69 Å². The molecule has 7 heteroatoms. The summed E-state index contributed by atoms with van der Waals surface area (Å²) in [6.45, 7) is 2.25. The highest BCUT2D eigenvalue weighted by molar-refractivity contribution is 5.92. The lowest BCUT2D eigenvalue weighted by molar-refractivity contribution is -0.143. The summed E-state index contributed by atoms with van der Waals surface area (Å²) in [6, 6.07) is 10.3. The molecule has 1 amide bonds. The van der Waals surface area contributed by atoms with Crippen LogP contribution in [0.25, 0.3) is 5.69 Å². The third kappa shape index (κ3) is 11.7. The summed E-state index contributed by atoms with van der Waals surface area (Å²) >= 11 is 0. The minimum atomic E-state index is -0.949. The zero-order chi connectivity index (χ0) is 26.0. The van der Waals surface area contributed by atoms with Crippen LogP contribution in [0.1, 0.15) is 110 Å². The molecule has 0 aliphatic heterocycles. The molecule has 0 aliphatic carbocycles. The smallest absolute Gasteiger partial charge is 0.307 e. The molecule has 1 aromatic carbocycles. The van der Waals surface area contributed by atoms with Crippen LogP contribution in [0.3, 0.4) is 0 Å². The number of rotatable bonds is 20. The van der Waals surface area contributed by atoms with E-state index in [-0.39, 0.29) is 17.8 Å². The zero-order valence-electron chi connectivity index (χ0n) is 22.0. The molecule has 0 spiro atoms. The van der Waals surface area contributed by atoms with Gasteiger partial charge in [0.1, 0.15) is 5.82 Å². The van der Waals surface area contributed by atoms with Crippen molar-refractivity contribution >= 4 is 17.7 Å². The van der Waals surface area contributed by atoms with E-state index >= 15 is 0 Å². The third-order valence-electron chi connectivity index (χ3n) is 6.70. The summed E-state index contributed by atoms with van der Waals surface area (Å²) in [7, 11) is 0. The minimum Gasteiger partial charge on any atom is -0.481 e. The number of amides is 1. The van der Waals surface area contributed by atoms with E-state index in [1.165, 1.54) is 81.4 Å². The number of para-hydroxylation sites is 1. The lowest BCUT2D eigenvalue weighted by atomic mass is 9.96. The molecule has 0 bridgehead atoms. The van der Waals surface area contributed by atoms with E-state index < -0.39 is 17.8 Å². The summed E-state index contributed by atoms with van der Waals surface area (Å²) in [6.07, 6.45) is 17.9. The summed E-state index contributed by atoms with van der Waals surface area (Å²) < 4.78 is 1.33. The van der Waals surface area contributed by atoms with Gasteiger partial charge in [-0.05, 0) is 18.6 Å². The van der Waals surface area contributed by atoms with Crippen molar-refractivity contribution in [2.24, 2.45) is 5.92 Å². The number of anilines is 1. The van der Waals surface area contributed by atoms with E-state index in [0.717, 1.165) is 19.3 Å². The minimum absolute atomic E-state index is 0.105. The number of carboxylic acids is 1. The number of hydrogen-bond donors (Lipinski definition) is 3. The average Bonchev–Trinajstić information content (AvgIpc) is 3.23. The monoisotopic (exact) mass is 499 g/mol. The van der Waals surface area contributed by atoms with Gasteiger partial charge in [-0.2, -0.15) is 0 Å². The Balaban J connectivity index is 1.58. The number of aromatic amines is 1. The fourth-order valence-corrected chi connectivity index (χ4v) is 4.55. The van der Waals surface area contributed by atoms with Crippen LogP contribution in [0.4, 0.5) is 5.82 Å². The van der Waals surface area contributed by atoms with Crippen molar-refractivity contribution in [1.82, 2.24) is 9.78 Å². The van der Waals surface area contributed by atoms with E-state index in [1.807, 2.05) is 18.2 Å².